The third-order valence-corrected chi connectivity index (χ3v) is 3.25. The van der Waals surface area contributed by atoms with Crippen LogP contribution in [0.5, 0.6) is 5.75 Å². The van der Waals surface area contributed by atoms with E-state index in [1.807, 2.05) is 24.3 Å². The third-order valence-electron chi connectivity index (χ3n) is 3.25. The maximum atomic E-state index is 11.2. The molecular formula is C13H13N5O3. The van der Waals surface area contributed by atoms with Crippen LogP contribution in [0.2, 0.25) is 0 Å². The Kier molecular flexibility index (Phi) is 3.27. The average molecular weight is 287 g/mol. The monoisotopic (exact) mass is 287 g/mol. The van der Waals surface area contributed by atoms with Gasteiger partial charge in [-0.3, -0.25) is 10.1 Å². The van der Waals surface area contributed by atoms with Crippen LogP contribution in [0, 0.1) is 10.1 Å². The third kappa shape index (κ3) is 2.31. The Balaban J connectivity index is 1.95. The summed E-state index contributed by atoms with van der Waals surface area (Å²) in [6, 6.07) is 7.39. The van der Waals surface area contributed by atoms with Crippen molar-refractivity contribution in [2.24, 2.45) is 0 Å². The van der Waals surface area contributed by atoms with E-state index in [0.717, 1.165) is 11.3 Å². The molecule has 0 fully saturated rings. The molecule has 8 heteroatoms. The van der Waals surface area contributed by atoms with Gasteiger partial charge in [0.15, 0.2) is 0 Å². The normalized spacial score (nSPS) is 16.0. The van der Waals surface area contributed by atoms with E-state index in [4.69, 9.17) is 4.74 Å². The van der Waals surface area contributed by atoms with Crippen LogP contribution in [0.4, 0.5) is 17.3 Å². The van der Waals surface area contributed by atoms with Gasteiger partial charge >= 0.3 is 5.69 Å². The van der Waals surface area contributed by atoms with E-state index in [9.17, 15) is 10.1 Å². The number of ether oxygens (including phenoxy) is 1. The molecule has 8 nitrogen and oxygen atoms in total. The first-order chi connectivity index (χ1) is 10.2. The van der Waals surface area contributed by atoms with Gasteiger partial charge in [0.05, 0.1) is 11.0 Å². The van der Waals surface area contributed by atoms with Gasteiger partial charge in [-0.2, -0.15) is 0 Å². The highest BCUT2D eigenvalue weighted by Crippen LogP contribution is 2.36. The molecule has 0 saturated heterocycles. The van der Waals surface area contributed by atoms with Crippen LogP contribution in [-0.2, 0) is 0 Å². The van der Waals surface area contributed by atoms with E-state index >= 15 is 0 Å². The molecule has 0 amide bonds. The van der Waals surface area contributed by atoms with E-state index in [0.29, 0.717) is 6.61 Å². The Bertz CT molecular complexity index is 691. The number of aromatic nitrogens is 2. The van der Waals surface area contributed by atoms with Crippen molar-refractivity contribution >= 4 is 17.3 Å². The van der Waals surface area contributed by atoms with Crippen molar-refractivity contribution in [1.29, 1.82) is 0 Å². The summed E-state index contributed by atoms with van der Waals surface area (Å²) in [7, 11) is 1.58. The molecule has 0 bridgehead atoms. The fourth-order valence-electron chi connectivity index (χ4n) is 2.29. The number of benzene rings is 1. The lowest BCUT2D eigenvalue weighted by Gasteiger charge is -2.13. The molecule has 3 rings (SSSR count). The van der Waals surface area contributed by atoms with Gasteiger partial charge < -0.3 is 15.4 Å². The number of nitro groups is 1. The van der Waals surface area contributed by atoms with E-state index in [-0.39, 0.29) is 23.4 Å². The lowest BCUT2D eigenvalue weighted by atomic mass is 10.1. The highest BCUT2D eigenvalue weighted by Gasteiger charge is 2.28. The standard InChI is InChI=1S/C13H13N5O3/c1-14-12-11(18(19)20)13(16-7-15-12)17-9-6-21-10-5-3-2-4-8(9)10/h2-5,7,9H,6H2,1H3,(H2,14,15,16,17). The molecule has 108 valence electrons. The van der Waals surface area contributed by atoms with Crippen molar-refractivity contribution in [3.8, 4) is 5.75 Å². The SMILES string of the molecule is CNc1ncnc(NC2COc3ccccc32)c1[N+](=O)[O-]. The van der Waals surface area contributed by atoms with Gasteiger partial charge in [0.25, 0.3) is 0 Å². The van der Waals surface area contributed by atoms with Crippen LogP contribution in [0.15, 0.2) is 30.6 Å². The summed E-state index contributed by atoms with van der Waals surface area (Å²) < 4.78 is 5.55. The number of nitrogens with one attached hydrogen (secondary N) is 2. The van der Waals surface area contributed by atoms with Crippen LogP contribution in [0.25, 0.3) is 0 Å². The average Bonchev–Trinajstić information content (AvgIpc) is 2.90. The molecule has 1 aliphatic heterocycles. The quantitative estimate of drug-likeness (QED) is 0.654. The number of para-hydroxylation sites is 1. The number of hydrogen-bond donors (Lipinski definition) is 2. The number of nitrogens with zero attached hydrogens (tertiary/aromatic N) is 3. The topological polar surface area (TPSA) is 102 Å². The maximum Gasteiger partial charge on any atom is 0.353 e. The minimum atomic E-state index is -0.504. The molecule has 21 heavy (non-hydrogen) atoms. The molecule has 1 aromatic heterocycles. The summed E-state index contributed by atoms with van der Waals surface area (Å²) in [5.74, 6) is 1.12. The molecular weight excluding hydrogens is 274 g/mol. The summed E-state index contributed by atoms with van der Waals surface area (Å²) in [6.45, 7) is 0.398. The van der Waals surface area contributed by atoms with Crippen molar-refractivity contribution in [1.82, 2.24) is 9.97 Å². The number of anilines is 2. The smallest absolute Gasteiger partial charge is 0.353 e. The minimum absolute atomic E-state index is 0.171. The predicted molar refractivity (Wildman–Crippen MR) is 76.5 cm³/mol. The Labute approximate surface area is 120 Å². The highest BCUT2D eigenvalue weighted by molar-refractivity contribution is 5.69. The molecule has 1 aliphatic rings. The summed E-state index contributed by atoms with van der Waals surface area (Å²) in [6.07, 6.45) is 1.28. The zero-order chi connectivity index (χ0) is 14.8. The Morgan fingerprint density at radius 1 is 1.33 bits per heavy atom. The molecule has 1 unspecified atom stereocenters. The van der Waals surface area contributed by atoms with Crippen LogP contribution in [0.3, 0.4) is 0 Å². The zero-order valence-electron chi connectivity index (χ0n) is 11.2. The zero-order valence-corrected chi connectivity index (χ0v) is 11.2. The molecule has 2 aromatic rings. The molecule has 0 radical (unpaired) electrons. The second kappa shape index (κ2) is 5.23. The lowest BCUT2D eigenvalue weighted by Crippen LogP contribution is -2.15. The first kappa shape index (κ1) is 13.1. The molecule has 0 aliphatic carbocycles. The second-order valence-corrected chi connectivity index (χ2v) is 4.47. The van der Waals surface area contributed by atoms with E-state index < -0.39 is 4.92 Å². The molecule has 1 aromatic carbocycles. The largest absolute Gasteiger partial charge is 0.491 e. The summed E-state index contributed by atoms with van der Waals surface area (Å²) in [4.78, 5) is 18.6. The van der Waals surface area contributed by atoms with Gasteiger partial charge in [-0.25, -0.2) is 9.97 Å². The molecule has 2 N–H and O–H groups in total. The molecule has 2 heterocycles. The van der Waals surface area contributed by atoms with E-state index in [1.54, 1.807) is 7.05 Å². The summed E-state index contributed by atoms with van der Waals surface area (Å²) in [5, 5.41) is 17.0. The van der Waals surface area contributed by atoms with Crippen LogP contribution in [0.1, 0.15) is 11.6 Å². The number of fused-ring (bicyclic) bond motifs is 1. The van der Waals surface area contributed by atoms with Crippen molar-refractivity contribution in [3.63, 3.8) is 0 Å². The van der Waals surface area contributed by atoms with Gasteiger partial charge in [0.1, 0.15) is 18.7 Å². The summed E-state index contributed by atoms with van der Waals surface area (Å²) in [5.41, 5.74) is 0.779. The number of rotatable bonds is 4. The Morgan fingerprint density at radius 2 is 2.10 bits per heavy atom. The van der Waals surface area contributed by atoms with Gasteiger partial charge in [-0.15, -0.1) is 0 Å². The van der Waals surface area contributed by atoms with Gasteiger partial charge in [0, 0.05) is 12.6 Å². The summed E-state index contributed by atoms with van der Waals surface area (Å²) >= 11 is 0. The lowest BCUT2D eigenvalue weighted by molar-refractivity contribution is -0.383. The fourth-order valence-corrected chi connectivity index (χ4v) is 2.29. The molecule has 0 saturated carbocycles. The highest BCUT2D eigenvalue weighted by atomic mass is 16.6. The van der Waals surface area contributed by atoms with Crippen molar-refractivity contribution in [2.45, 2.75) is 6.04 Å². The first-order valence-electron chi connectivity index (χ1n) is 6.36. The Hall–Kier alpha value is -2.90. The second-order valence-electron chi connectivity index (χ2n) is 4.47. The van der Waals surface area contributed by atoms with Crippen molar-refractivity contribution in [2.75, 3.05) is 24.3 Å². The van der Waals surface area contributed by atoms with Crippen LogP contribution < -0.4 is 15.4 Å². The van der Waals surface area contributed by atoms with Crippen LogP contribution in [-0.4, -0.2) is 28.5 Å². The van der Waals surface area contributed by atoms with Crippen LogP contribution >= 0.6 is 0 Å². The fraction of sp³-hybridized carbons (Fsp3) is 0.231. The van der Waals surface area contributed by atoms with Gasteiger partial charge in [0.2, 0.25) is 11.6 Å². The first-order valence-corrected chi connectivity index (χ1v) is 6.36. The molecule has 1 atom stereocenters. The van der Waals surface area contributed by atoms with E-state index in [2.05, 4.69) is 20.6 Å². The maximum absolute atomic E-state index is 11.2. The van der Waals surface area contributed by atoms with Gasteiger partial charge in [-0.1, -0.05) is 18.2 Å². The van der Waals surface area contributed by atoms with E-state index in [1.165, 1.54) is 6.33 Å². The molecule has 0 spiro atoms. The van der Waals surface area contributed by atoms with Crippen molar-refractivity contribution < 1.29 is 9.66 Å². The Morgan fingerprint density at radius 3 is 2.86 bits per heavy atom. The van der Waals surface area contributed by atoms with Crippen molar-refractivity contribution in [3.05, 3.63) is 46.3 Å². The van der Waals surface area contributed by atoms with Gasteiger partial charge in [-0.05, 0) is 6.07 Å². The number of hydrogen-bond acceptors (Lipinski definition) is 7. The minimum Gasteiger partial charge on any atom is -0.491 e. The predicted octanol–water partition coefficient (Wildman–Crippen LogP) is 1.97.